The van der Waals surface area contributed by atoms with Gasteiger partial charge in [-0.25, -0.2) is 4.79 Å². The molecule has 0 fully saturated rings. The van der Waals surface area contributed by atoms with E-state index in [0.717, 1.165) is 0 Å². The van der Waals surface area contributed by atoms with E-state index in [-0.39, 0.29) is 0 Å². The molecule has 3 heteroatoms. The van der Waals surface area contributed by atoms with Crippen LogP contribution < -0.4 is 0 Å². The normalized spacial score (nSPS) is 10.2. The van der Waals surface area contributed by atoms with Crippen molar-refractivity contribution >= 4 is 49.2 Å². The summed E-state index contributed by atoms with van der Waals surface area (Å²) in [5.74, 6) is 0. The molecule has 0 radical (unpaired) electrons. The van der Waals surface area contributed by atoms with Crippen molar-refractivity contribution in [2.45, 2.75) is 0 Å². The minimum absolute atomic E-state index is 1.31. The van der Waals surface area contributed by atoms with Gasteiger partial charge >= 0.3 is 6.16 Å². The molecule has 0 atom stereocenters. The van der Waals surface area contributed by atoms with Gasteiger partial charge in [0.2, 0.25) is 0 Å². The monoisotopic (exact) mass is 418 g/mol. The molecule has 0 saturated heterocycles. The van der Waals surface area contributed by atoms with Crippen LogP contribution >= 0.6 is 0 Å². The maximum Gasteiger partial charge on any atom is 0.503 e. The average Bonchev–Trinajstić information content (AvgIpc) is 2.84. The summed E-state index contributed by atoms with van der Waals surface area (Å²) in [7, 11) is 0. The van der Waals surface area contributed by atoms with Crippen molar-refractivity contribution < 1.29 is 15.0 Å². The minimum Gasteiger partial charge on any atom is -0.450 e. The molecule has 0 aromatic heterocycles. The molecule has 6 rings (SSSR count). The highest BCUT2D eigenvalue weighted by atomic mass is 16.6. The zero-order valence-electron chi connectivity index (χ0n) is 17.3. The van der Waals surface area contributed by atoms with Gasteiger partial charge in [0.1, 0.15) is 0 Å². The third-order valence-electron chi connectivity index (χ3n) is 5.31. The lowest BCUT2D eigenvalue weighted by Gasteiger charge is -2.02. The first kappa shape index (κ1) is 20.9. The Labute approximate surface area is 185 Å². The zero-order valence-corrected chi connectivity index (χ0v) is 17.3. The van der Waals surface area contributed by atoms with E-state index in [1.165, 1.54) is 43.1 Å². The lowest BCUT2D eigenvalue weighted by Crippen LogP contribution is -1.81. The van der Waals surface area contributed by atoms with Crippen molar-refractivity contribution in [3.8, 4) is 0 Å². The van der Waals surface area contributed by atoms with Crippen LogP contribution in [-0.2, 0) is 0 Å². The predicted molar refractivity (Wildman–Crippen MR) is 134 cm³/mol. The minimum atomic E-state index is -1.83. The van der Waals surface area contributed by atoms with Crippen LogP contribution in [0.5, 0.6) is 0 Å². The van der Waals surface area contributed by atoms with Gasteiger partial charge in [0, 0.05) is 0 Å². The SMILES string of the molecule is O=C(O)O.c1ccc2c(c1)ccc1ccccc12.c1ccc2c(c1)ccc1ccccc12. The van der Waals surface area contributed by atoms with E-state index < -0.39 is 6.16 Å². The fourth-order valence-electron chi connectivity index (χ4n) is 3.91. The maximum atomic E-state index is 8.56. The number of rotatable bonds is 0. The number of carbonyl (C=O) groups is 1. The van der Waals surface area contributed by atoms with Crippen LogP contribution in [0.1, 0.15) is 0 Å². The smallest absolute Gasteiger partial charge is 0.450 e. The fourth-order valence-corrected chi connectivity index (χ4v) is 3.91. The number of fused-ring (bicyclic) bond motifs is 6. The first-order valence-corrected chi connectivity index (χ1v) is 10.3. The van der Waals surface area contributed by atoms with Gasteiger partial charge < -0.3 is 10.2 Å². The number of carboxylic acid groups (broad SMARTS) is 2. The Bertz CT molecular complexity index is 1290. The first-order valence-electron chi connectivity index (χ1n) is 10.3. The van der Waals surface area contributed by atoms with E-state index in [2.05, 4.69) is 121 Å². The number of hydrogen-bond donors (Lipinski definition) is 2. The second-order valence-electron chi connectivity index (χ2n) is 7.30. The summed E-state index contributed by atoms with van der Waals surface area (Å²) in [5, 5.41) is 24.5. The third kappa shape index (κ3) is 4.68. The third-order valence-corrected chi connectivity index (χ3v) is 5.31. The van der Waals surface area contributed by atoms with Gasteiger partial charge in [-0.1, -0.05) is 121 Å². The van der Waals surface area contributed by atoms with Gasteiger partial charge in [-0.2, -0.15) is 0 Å². The van der Waals surface area contributed by atoms with Crippen LogP contribution in [0.15, 0.2) is 121 Å². The Morgan fingerprint density at radius 1 is 0.375 bits per heavy atom. The summed E-state index contributed by atoms with van der Waals surface area (Å²) in [5.41, 5.74) is 0. The van der Waals surface area contributed by atoms with E-state index in [9.17, 15) is 0 Å². The predicted octanol–water partition coefficient (Wildman–Crippen LogP) is 8.21. The van der Waals surface area contributed by atoms with Gasteiger partial charge in [0.15, 0.2) is 0 Å². The summed E-state index contributed by atoms with van der Waals surface area (Å²) in [6.07, 6.45) is -1.83. The summed E-state index contributed by atoms with van der Waals surface area (Å²) >= 11 is 0. The molecule has 2 N–H and O–H groups in total. The molecule has 0 aliphatic rings. The van der Waals surface area contributed by atoms with Gasteiger partial charge in [0.25, 0.3) is 0 Å². The van der Waals surface area contributed by atoms with E-state index in [1.807, 2.05) is 0 Å². The molecule has 0 aliphatic heterocycles. The van der Waals surface area contributed by atoms with Crippen LogP contribution in [0.3, 0.4) is 0 Å². The molecule has 0 bridgehead atoms. The Kier molecular flexibility index (Phi) is 6.28. The van der Waals surface area contributed by atoms with Crippen LogP contribution in [0, 0.1) is 0 Å². The zero-order chi connectivity index (χ0) is 22.3. The van der Waals surface area contributed by atoms with Crippen molar-refractivity contribution in [1.82, 2.24) is 0 Å². The van der Waals surface area contributed by atoms with Gasteiger partial charge in [-0.3, -0.25) is 0 Å². The second-order valence-corrected chi connectivity index (χ2v) is 7.30. The molecule has 0 aliphatic carbocycles. The Morgan fingerprint density at radius 2 is 0.562 bits per heavy atom. The molecule has 0 saturated carbocycles. The molecule has 6 aromatic rings. The fraction of sp³-hybridized carbons (Fsp3) is 0. The van der Waals surface area contributed by atoms with Crippen LogP contribution in [0.25, 0.3) is 43.1 Å². The molecule has 32 heavy (non-hydrogen) atoms. The van der Waals surface area contributed by atoms with E-state index in [0.29, 0.717) is 0 Å². The van der Waals surface area contributed by atoms with Crippen molar-refractivity contribution in [3.05, 3.63) is 121 Å². The highest BCUT2D eigenvalue weighted by Crippen LogP contribution is 2.25. The maximum absolute atomic E-state index is 8.56. The summed E-state index contributed by atoms with van der Waals surface area (Å²) in [4.78, 5) is 8.56. The second kappa shape index (κ2) is 9.63. The molecule has 0 amide bonds. The van der Waals surface area contributed by atoms with Gasteiger partial charge in [-0.15, -0.1) is 0 Å². The topological polar surface area (TPSA) is 57.5 Å². The van der Waals surface area contributed by atoms with E-state index >= 15 is 0 Å². The van der Waals surface area contributed by atoms with Crippen molar-refractivity contribution in [1.29, 1.82) is 0 Å². The molecule has 156 valence electrons. The van der Waals surface area contributed by atoms with Gasteiger partial charge in [-0.05, 0) is 43.1 Å². The highest BCUT2D eigenvalue weighted by Gasteiger charge is 1.98. The molecular formula is C29H22O3. The summed E-state index contributed by atoms with van der Waals surface area (Å²) < 4.78 is 0. The van der Waals surface area contributed by atoms with Crippen molar-refractivity contribution in [2.24, 2.45) is 0 Å². The molecule has 0 spiro atoms. The standard InChI is InChI=1S/2C14H10.CH2O3/c2*1-3-7-13-11(5-1)9-10-12-6-2-4-8-14(12)13;2-1(3)4/h2*1-10H;(H2,2,3,4). The Morgan fingerprint density at radius 3 is 0.781 bits per heavy atom. The highest BCUT2D eigenvalue weighted by molar-refractivity contribution is 6.08. The molecule has 3 nitrogen and oxygen atoms in total. The summed E-state index contributed by atoms with van der Waals surface area (Å²) in [6, 6.07) is 42.7. The molecule has 6 aromatic carbocycles. The Hall–Kier alpha value is -4.37. The lowest BCUT2D eigenvalue weighted by atomic mass is 10.0. The van der Waals surface area contributed by atoms with Gasteiger partial charge in [0.05, 0.1) is 0 Å². The summed E-state index contributed by atoms with van der Waals surface area (Å²) in [6.45, 7) is 0. The lowest BCUT2D eigenvalue weighted by molar-refractivity contribution is 0.137. The Balaban J connectivity index is 0.000000132. The van der Waals surface area contributed by atoms with E-state index in [1.54, 1.807) is 0 Å². The number of hydrogen-bond acceptors (Lipinski definition) is 1. The molecule has 0 unspecified atom stereocenters. The van der Waals surface area contributed by atoms with Crippen LogP contribution in [0.4, 0.5) is 4.79 Å². The molecule has 0 heterocycles. The van der Waals surface area contributed by atoms with Crippen molar-refractivity contribution in [2.75, 3.05) is 0 Å². The van der Waals surface area contributed by atoms with E-state index in [4.69, 9.17) is 15.0 Å². The largest absolute Gasteiger partial charge is 0.503 e. The first-order chi connectivity index (χ1) is 15.6. The average molecular weight is 418 g/mol. The quantitative estimate of drug-likeness (QED) is 0.244. The number of benzene rings is 6. The van der Waals surface area contributed by atoms with Crippen LogP contribution in [-0.4, -0.2) is 16.4 Å². The molecular weight excluding hydrogens is 396 g/mol. The van der Waals surface area contributed by atoms with Crippen LogP contribution in [0.2, 0.25) is 0 Å². The van der Waals surface area contributed by atoms with Crippen molar-refractivity contribution in [3.63, 3.8) is 0 Å².